The average molecular weight is 189 g/mol. The number of aromatic nitrogens is 1. The van der Waals surface area contributed by atoms with Gasteiger partial charge in [0, 0.05) is 24.1 Å². The molecule has 0 N–H and O–H groups in total. The van der Waals surface area contributed by atoms with Crippen molar-refractivity contribution in [1.82, 2.24) is 4.98 Å². The van der Waals surface area contributed by atoms with Crippen LogP contribution in [0.2, 0.25) is 0 Å². The number of hydrogen-bond acceptors (Lipinski definition) is 3. The molecule has 1 rings (SSSR count). The van der Waals surface area contributed by atoms with Crippen LogP contribution in [0.4, 0.5) is 4.39 Å². The SMILES string of the molecule is Cc1cnc(S(C)(=O)=O)cc1F. The Hall–Kier alpha value is -0.970. The van der Waals surface area contributed by atoms with Gasteiger partial charge in [-0.15, -0.1) is 0 Å². The molecule has 1 heterocycles. The number of aryl methyl sites for hydroxylation is 1. The second-order valence-electron chi connectivity index (χ2n) is 2.54. The standard InChI is InChI=1S/C7H8FNO2S/c1-5-4-9-7(3-6(5)8)12(2,10)11/h3-4H,1-2H3. The van der Waals surface area contributed by atoms with E-state index >= 15 is 0 Å². The monoisotopic (exact) mass is 189 g/mol. The second kappa shape index (κ2) is 2.82. The number of rotatable bonds is 1. The van der Waals surface area contributed by atoms with Crippen molar-refractivity contribution in [3.63, 3.8) is 0 Å². The molecule has 0 bridgehead atoms. The fourth-order valence-corrected chi connectivity index (χ4v) is 1.25. The van der Waals surface area contributed by atoms with E-state index in [1.165, 1.54) is 13.1 Å². The third-order valence-corrected chi connectivity index (χ3v) is 2.38. The lowest BCUT2D eigenvalue weighted by molar-refractivity contribution is 0.586. The summed E-state index contributed by atoms with van der Waals surface area (Å²) in [7, 11) is -3.39. The van der Waals surface area contributed by atoms with E-state index in [2.05, 4.69) is 4.98 Å². The summed E-state index contributed by atoms with van der Waals surface area (Å²) in [4.78, 5) is 3.58. The molecule has 1 aromatic rings. The molecule has 0 aliphatic heterocycles. The van der Waals surface area contributed by atoms with Crippen LogP contribution in [-0.4, -0.2) is 19.7 Å². The van der Waals surface area contributed by atoms with E-state index < -0.39 is 15.7 Å². The molecule has 0 aliphatic rings. The van der Waals surface area contributed by atoms with Gasteiger partial charge in [-0.1, -0.05) is 0 Å². The van der Waals surface area contributed by atoms with Gasteiger partial charge in [0.15, 0.2) is 14.9 Å². The first kappa shape index (κ1) is 9.12. The van der Waals surface area contributed by atoms with Crippen LogP contribution in [0.5, 0.6) is 0 Å². The molecule has 0 spiro atoms. The van der Waals surface area contributed by atoms with Crippen LogP contribution < -0.4 is 0 Å². The summed E-state index contributed by atoms with van der Waals surface area (Å²) >= 11 is 0. The molecule has 0 saturated carbocycles. The van der Waals surface area contributed by atoms with Crippen molar-refractivity contribution >= 4 is 9.84 Å². The highest BCUT2D eigenvalue weighted by Crippen LogP contribution is 2.09. The third-order valence-electron chi connectivity index (χ3n) is 1.39. The largest absolute Gasteiger partial charge is 0.244 e. The Labute approximate surface area is 70.2 Å². The zero-order valence-electron chi connectivity index (χ0n) is 6.70. The summed E-state index contributed by atoms with van der Waals surface area (Å²) in [6.07, 6.45) is 2.19. The minimum atomic E-state index is -3.39. The van der Waals surface area contributed by atoms with Crippen molar-refractivity contribution in [2.75, 3.05) is 6.26 Å². The van der Waals surface area contributed by atoms with E-state index in [0.29, 0.717) is 5.56 Å². The van der Waals surface area contributed by atoms with E-state index in [9.17, 15) is 12.8 Å². The fourth-order valence-electron chi connectivity index (χ4n) is 0.684. The Balaban J connectivity index is 3.33. The van der Waals surface area contributed by atoms with Crippen molar-refractivity contribution < 1.29 is 12.8 Å². The lowest BCUT2D eigenvalue weighted by atomic mass is 10.3. The van der Waals surface area contributed by atoms with Gasteiger partial charge in [-0.2, -0.15) is 0 Å². The third kappa shape index (κ3) is 1.79. The highest BCUT2D eigenvalue weighted by atomic mass is 32.2. The van der Waals surface area contributed by atoms with Gasteiger partial charge in [0.2, 0.25) is 0 Å². The van der Waals surface area contributed by atoms with Crippen LogP contribution in [0.25, 0.3) is 0 Å². The molecule has 0 aliphatic carbocycles. The Morgan fingerprint density at radius 2 is 2.08 bits per heavy atom. The maximum Gasteiger partial charge on any atom is 0.192 e. The molecule has 0 fully saturated rings. The molecule has 5 heteroatoms. The van der Waals surface area contributed by atoms with Crippen LogP contribution >= 0.6 is 0 Å². The van der Waals surface area contributed by atoms with Crippen molar-refractivity contribution in [1.29, 1.82) is 0 Å². The van der Waals surface area contributed by atoms with Crippen LogP contribution in [-0.2, 0) is 9.84 Å². The highest BCUT2D eigenvalue weighted by molar-refractivity contribution is 7.90. The van der Waals surface area contributed by atoms with Gasteiger partial charge in [-0.25, -0.2) is 17.8 Å². The summed E-state index contributed by atoms with van der Waals surface area (Å²) < 4.78 is 34.5. The topological polar surface area (TPSA) is 47.0 Å². The minimum absolute atomic E-state index is 0.231. The van der Waals surface area contributed by atoms with Crippen molar-refractivity contribution in [3.05, 3.63) is 23.6 Å². The van der Waals surface area contributed by atoms with Gasteiger partial charge >= 0.3 is 0 Å². The van der Waals surface area contributed by atoms with Crippen LogP contribution in [0.15, 0.2) is 17.3 Å². The lowest BCUT2D eigenvalue weighted by Gasteiger charge is -1.98. The van der Waals surface area contributed by atoms with Gasteiger partial charge in [0.05, 0.1) is 0 Å². The Kier molecular flexibility index (Phi) is 2.14. The smallest absolute Gasteiger partial charge is 0.192 e. The molecule has 1 aromatic heterocycles. The van der Waals surface area contributed by atoms with Crippen molar-refractivity contribution in [3.8, 4) is 0 Å². The number of pyridine rings is 1. The van der Waals surface area contributed by atoms with E-state index in [1.54, 1.807) is 0 Å². The Morgan fingerprint density at radius 1 is 1.50 bits per heavy atom. The lowest BCUT2D eigenvalue weighted by Crippen LogP contribution is -2.01. The molecule has 3 nitrogen and oxygen atoms in total. The summed E-state index contributed by atoms with van der Waals surface area (Å²) in [5.74, 6) is -0.551. The van der Waals surface area contributed by atoms with E-state index in [0.717, 1.165) is 12.3 Å². The molecule has 0 radical (unpaired) electrons. The van der Waals surface area contributed by atoms with Gasteiger partial charge in [-0.3, -0.25) is 0 Å². The number of nitrogens with zero attached hydrogens (tertiary/aromatic N) is 1. The quantitative estimate of drug-likeness (QED) is 0.660. The maximum atomic E-state index is 12.8. The molecule has 0 aromatic carbocycles. The van der Waals surface area contributed by atoms with Gasteiger partial charge < -0.3 is 0 Å². The predicted octanol–water partition coefficient (Wildman–Crippen LogP) is 0.933. The summed E-state index contributed by atoms with van der Waals surface area (Å²) in [5.41, 5.74) is 0.336. The van der Waals surface area contributed by atoms with Crippen molar-refractivity contribution in [2.24, 2.45) is 0 Å². The Bertz CT molecular complexity index is 400. The zero-order valence-corrected chi connectivity index (χ0v) is 7.52. The maximum absolute atomic E-state index is 12.8. The molecule has 0 saturated heterocycles. The van der Waals surface area contributed by atoms with Crippen LogP contribution in [0.3, 0.4) is 0 Å². The second-order valence-corrected chi connectivity index (χ2v) is 4.51. The molecular formula is C7H8FNO2S. The predicted molar refractivity (Wildman–Crippen MR) is 42.0 cm³/mol. The number of hydrogen-bond donors (Lipinski definition) is 0. The minimum Gasteiger partial charge on any atom is -0.244 e. The number of halogens is 1. The van der Waals surface area contributed by atoms with Crippen LogP contribution in [0.1, 0.15) is 5.56 Å². The molecule has 66 valence electrons. The van der Waals surface area contributed by atoms with Crippen LogP contribution in [0, 0.1) is 12.7 Å². The van der Waals surface area contributed by atoms with Gasteiger partial charge in [0.25, 0.3) is 0 Å². The molecular weight excluding hydrogens is 181 g/mol. The molecule has 0 amide bonds. The summed E-state index contributed by atoms with van der Waals surface area (Å²) in [6, 6.07) is 0.921. The first-order valence-corrected chi connectivity index (χ1v) is 5.12. The van der Waals surface area contributed by atoms with Gasteiger partial charge in [0.1, 0.15) is 5.82 Å². The molecule has 0 atom stereocenters. The summed E-state index contributed by atoms with van der Waals surface area (Å²) in [5, 5.41) is -0.231. The number of sulfone groups is 1. The summed E-state index contributed by atoms with van der Waals surface area (Å²) in [6.45, 7) is 1.52. The normalized spacial score (nSPS) is 11.6. The van der Waals surface area contributed by atoms with Gasteiger partial charge in [-0.05, 0) is 6.92 Å². The Morgan fingerprint density at radius 3 is 2.50 bits per heavy atom. The van der Waals surface area contributed by atoms with E-state index in [-0.39, 0.29) is 5.03 Å². The molecule has 0 unspecified atom stereocenters. The average Bonchev–Trinajstić information content (AvgIpc) is 1.92. The zero-order chi connectivity index (χ0) is 9.35. The fraction of sp³-hybridized carbons (Fsp3) is 0.286. The van der Waals surface area contributed by atoms with E-state index in [1.807, 2.05) is 0 Å². The molecule has 12 heavy (non-hydrogen) atoms. The first-order valence-electron chi connectivity index (χ1n) is 3.23. The highest BCUT2D eigenvalue weighted by Gasteiger charge is 2.10. The van der Waals surface area contributed by atoms with E-state index in [4.69, 9.17) is 0 Å². The van der Waals surface area contributed by atoms with Crippen molar-refractivity contribution in [2.45, 2.75) is 11.9 Å². The first-order chi connectivity index (χ1) is 5.41.